The molecule has 0 aliphatic rings. The van der Waals surface area contributed by atoms with Gasteiger partial charge in [0.1, 0.15) is 5.82 Å². The first kappa shape index (κ1) is 21.1. The zero-order valence-electron chi connectivity index (χ0n) is 16.9. The van der Waals surface area contributed by atoms with Crippen molar-refractivity contribution in [3.8, 4) is 0 Å². The average molecular weight is 483 g/mol. The number of sulfonamides is 1. The third kappa shape index (κ3) is 3.43. The van der Waals surface area contributed by atoms with Crippen molar-refractivity contribution in [1.82, 2.24) is 0 Å². The van der Waals surface area contributed by atoms with Gasteiger partial charge in [-0.3, -0.25) is 4.79 Å². The van der Waals surface area contributed by atoms with Crippen LogP contribution in [0.3, 0.4) is 0 Å². The number of rotatable bonds is 4. The highest BCUT2D eigenvalue weighted by atomic mass is 32.2. The number of amides is 1. The Morgan fingerprint density at radius 2 is 1.79 bits per heavy atom. The molecule has 7 nitrogen and oxygen atoms in total. The van der Waals surface area contributed by atoms with E-state index in [0.717, 1.165) is 29.5 Å². The predicted octanol–water partition coefficient (Wildman–Crippen LogP) is 5.08. The second-order valence-electron chi connectivity index (χ2n) is 7.18. The topological polar surface area (TPSA) is 97.8 Å². The molecule has 0 bridgehead atoms. The summed E-state index contributed by atoms with van der Waals surface area (Å²) in [4.78, 5) is 24.6. The second-order valence-corrected chi connectivity index (χ2v) is 9.92. The molecule has 3 aromatic carbocycles. The smallest absolute Gasteiger partial charge is 0.396 e. The maximum Gasteiger partial charge on any atom is 0.396 e. The molecule has 5 rings (SSSR count). The van der Waals surface area contributed by atoms with Crippen LogP contribution in [0.15, 0.2) is 85.5 Å². The summed E-state index contributed by atoms with van der Waals surface area (Å²) in [6.45, 7) is 1.44. The summed E-state index contributed by atoms with van der Waals surface area (Å²) in [7, 11) is -4.53. The molecule has 5 aromatic rings. The lowest BCUT2D eigenvalue weighted by atomic mass is 10.1. The van der Waals surface area contributed by atoms with Gasteiger partial charge in [-0.25, -0.2) is 17.6 Å². The van der Waals surface area contributed by atoms with Gasteiger partial charge < -0.3 is 8.83 Å². The highest BCUT2D eigenvalue weighted by Gasteiger charge is 2.36. The lowest BCUT2D eigenvalue weighted by Crippen LogP contribution is -2.37. The van der Waals surface area contributed by atoms with Crippen LogP contribution < -0.4 is 9.24 Å². The summed E-state index contributed by atoms with van der Waals surface area (Å²) in [5.41, 5.74) is 0.441. The highest BCUT2D eigenvalue weighted by Crippen LogP contribution is 2.38. The van der Waals surface area contributed by atoms with Gasteiger partial charge in [-0.2, -0.15) is 4.31 Å². The highest BCUT2D eigenvalue weighted by molar-refractivity contribution is 7.93. The third-order valence-corrected chi connectivity index (χ3v) is 7.74. The molecule has 0 saturated carbocycles. The van der Waals surface area contributed by atoms with E-state index in [1.807, 2.05) is 0 Å². The molecule has 0 spiro atoms. The van der Waals surface area contributed by atoms with Crippen LogP contribution in [-0.4, -0.2) is 14.3 Å². The first-order valence-electron chi connectivity index (χ1n) is 9.62. The summed E-state index contributed by atoms with van der Waals surface area (Å²) >= 11 is 0.791. The Labute approximate surface area is 190 Å². The number of nitrogens with zero attached hydrogens (tertiary/aromatic N) is 1. The number of hydrogen-bond acceptors (Lipinski definition) is 7. The number of benzene rings is 3. The van der Waals surface area contributed by atoms with Crippen LogP contribution in [0.5, 0.6) is 0 Å². The van der Waals surface area contributed by atoms with Crippen LogP contribution in [0, 0.1) is 12.7 Å². The van der Waals surface area contributed by atoms with Crippen LogP contribution in [0.2, 0.25) is 0 Å². The minimum Gasteiger partial charge on any atom is -0.459 e. The molecule has 1 amide bonds. The van der Waals surface area contributed by atoms with Gasteiger partial charge in [0, 0.05) is 10.8 Å². The Morgan fingerprint density at radius 1 is 1.03 bits per heavy atom. The standard InChI is InChI=1S/C23H14FNO6S2/c1-13-11-14(24)8-9-20(13)33(28,29)25(22(26)18-7-4-10-30-18)17-12-19-21(31-23(27)32-19)16-6-3-2-5-15(16)17/h2-12H,1H3. The fraction of sp³-hybridized carbons (Fsp3) is 0.0435. The Kier molecular flexibility index (Phi) is 4.91. The zero-order chi connectivity index (χ0) is 23.3. The zero-order valence-corrected chi connectivity index (χ0v) is 18.6. The second kappa shape index (κ2) is 7.68. The number of carbonyl (C=O) groups is 1. The molecule has 0 atom stereocenters. The molecule has 0 aliphatic heterocycles. The fourth-order valence-electron chi connectivity index (χ4n) is 3.70. The Bertz CT molecular complexity index is 1700. The van der Waals surface area contributed by atoms with E-state index in [9.17, 15) is 22.4 Å². The van der Waals surface area contributed by atoms with E-state index < -0.39 is 26.7 Å². The molecule has 0 fully saturated rings. The number of aryl methyl sites for hydroxylation is 1. The van der Waals surface area contributed by atoms with E-state index in [0.29, 0.717) is 25.4 Å². The Morgan fingerprint density at radius 3 is 2.48 bits per heavy atom. The van der Waals surface area contributed by atoms with E-state index in [2.05, 4.69) is 0 Å². The summed E-state index contributed by atoms with van der Waals surface area (Å²) in [5.74, 6) is -1.75. The first-order chi connectivity index (χ1) is 15.8. The van der Waals surface area contributed by atoms with Gasteiger partial charge >= 0.3 is 10.8 Å². The van der Waals surface area contributed by atoms with Gasteiger partial charge in [-0.1, -0.05) is 35.6 Å². The molecule has 166 valence electrons. The molecule has 10 heteroatoms. The van der Waals surface area contributed by atoms with Crippen LogP contribution in [0.1, 0.15) is 16.1 Å². The normalized spacial score (nSPS) is 11.8. The molecule has 0 unspecified atom stereocenters. The number of carbonyl (C=O) groups excluding carboxylic acids is 1. The van der Waals surface area contributed by atoms with Crippen molar-refractivity contribution < 1.29 is 26.4 Å². The summed E-state index contributed by atoms with van der Waals surface area (Å²) in [6, 6.07) is 14.1. The number of furan rings is 1. The van der Waals surface area contributed by atoms with Crippen molar-refractivity contribution in [2.45, 2.75) is 11.8 Å². The lowest BCUT2D eigenvalue weighted by Gasteiger charge is -2.24. The summed E-state index contributed by atoms with van der Waals surface area (Å²) in [5, 5.41) is 0.835. The van der Waals surface area contributed by atoms with Crippen LogP contribution >= 0.6 is 11.3 Å². The number of halogens is 1. The molecule has 33 heavy (non-hydrogen) atoms. The van der Waals surface area contributed by atoms with Gasteiger partial charge in [0.15, 0.2) is 11.3 Å². The largest absolute Gasteiger partial charge is 0.459 e. The minimum atomic E-state index is -4.53. The van der Waals surface area contributed by atoms with Crippen LogP contribution in [-0.2, 0) is 10.0 Å². The van der Waals surface area contributed by atoms with Crippen LogP contribution in [0.25, 0.3) is 21.1 Å². The number of anilines is 1. The minimum absolute atomic E-state index is 0.0141. The molecule has 0 aliphatic carbocycles. The molecule has 0 radical (unpaired) electrons. The van der Waals surface area contributed by atoms with Gasteiger partial charge in [-0.15, -0.1) is 0 Å². The van der Waals surface area contributed by atoms with Gasteiger partial charge in [0.25, 0.3) is 10.0 Å². The van der Waals surface area contributed by atoms with Crippen molar-refractivity contribution in [1.29, 1.82) is 0 Å². The maximum absolute atomic E-state index is 13.8. The van der Waals surface area contributed by atoms with Crippen molar-refractivity contribution in [3.05, 3.63) is 93.8 Å². The quantitative estimate of drug-likeness (QED) is 0.353. The molecule has 0 saturated heterocycles. The molecule has 2 heterocycles. The van der Waals surface area contributed by atoms with Gasteiger partial charge in [-0.05, 0) is 48.9 Å². The summed E-state index contributed by atoms with van der Waals surface area (Å²) < 4.78 is 52.9. The maximum atomic E-state index is 13.8. The van der Waals surface area contributed by atoms with Crippen molar-refractivity contribution in [3.63, 3.8) is 0 Å². The van der Waals surface area contributed by atoms with Crippen molar-refractivity contribution in [2.24, 2.45) is 0 Å². The van der Waals surface area contributed by atoms with Crippen LogP contribution in [0.4, 0.5) is 10.1 Å². The number of fused-ring (bicyclic) bond motifs is 3. The Hall–Kier alpha value is -3.76. The van der Waals surface area contributed by atoms with Crippen molar-refractivity contribution in [2.75, 3.05) is 4.31 Å². The monoisotopic (exact) mass is 483 g/mol. The van der Waals surface area contributed by atoms with Crippen molar-refractivity contribution >= 4 is 54.0 Å². The van der Waals surface area contributed by atoms with E-state index in [1.165, 1.54) is 31.4 Å². The molecule has 2 aromatic heterocycles. The van der Waals surface area contributed by atoms with E-state index in [-0.39, 0.29) is 21.9 Å². The lowest BCUT2D eigenvalue weighted by molar-refractivity contribution is 0.0979. The molecular weight excluding hydrogens is 469 g/mol. The predicted molar refractivity (Wildman–Crippen MR) is 122 cm³/mol. The van der Waals surface area contributed by atoms with E-state index in [4.69, 9.17) is 8.83 Å². The molecular formula is C23H14FNO6S2. The van der Waals surface area contributed by atoms with Gasteiger partial charge in [0.2, 0.25) is 0 Å². The van der Waals surface area contributed by atoms with E-state index in [1.54, 1.807) is 24.3 Å². The van der Waals surface area contributed by atoms with E-state index >= 15 is 0 Å². The molecule has 0 N–H and O–H groups in total. The average Bonchev–Trinajstić information content (AvgIpc) is 3.43. The fourth-order valence-corrected chi connectivity index (χ4v) is 6.04. The van der Waals surface area contributed by atoms with Gasteiger partial charge in [0.05, 0.1) is 21.5 Å². The third-order valence-electron chi connectivity index (χ3n) is 5.11. The Balaban J connectivity index is 1.86. The first-order valence-corrected chi connectivity index (χ1v) is 11.9. The number of hydrogen-bond donors (Lipinski definition) is 0. The summed E-state index contributed by atoms with van der Waals surface area (Å²) in [6.07, 6.45) is 1.25. The SMILES string of the molecule is Cc1cc(F)ccc1S(=O)(=O)N(C(=O)c1ccco1)c1cc2sc(=O)oc2c2ccccc12.